The van der Waals surface area contributed by atoms with E-state index in [-0.39, 0.29) is 5.91 Å². The average Bonchev–Trinajstić information content (AvgIpc) is 2.74. The number of aryl methyl sites for hydroxylation is 1. The number of carbonyl (C=O) groups excluding carboxylic acids is 1. The van der Waals surface area contributed by atoms with Crippen LogP contribution in [-0.4, -0.2) is 23.0 Å². The second-order valence-electron chi connectivity index (χ2n) is 6.97. The monoisotopic (exact) mass is 387 g/mol. The van der Waals surface area contributed by atoms with Crippen molar-refractivity contribution in [2.24, 2.45) is 0 Å². The molecule has 3 aromatic rings. The Morgan fingerprint density at radius 2 is 1.79 bits per heavy atom. The zero-order valence-electron chi connectivity index (χ0n) is 17.0. The van der Waals surface area contributed by atoms with Gasteiger partial charge in [-0.1, -0.05) is 35.9 Å². The Hall–Kier alpha value is -3.47. The standard InChI is InChI=1S/C24H25N3O2/c1-17(2)15-21-24(27-23(28)14-9-18-7-5-4-6-8-18)25-16-22(26-21)19-10-12-20(29-3)13-11-19/h4-8,10-13,15-16H,9,14H2,1-3H3,(H,25,27,28). The van der Waals surface area contributed by atoms with Gasteiger partial charge in [-0.3, -0.25) is 4.79 Å². The minimum Gasteiger partial charge on any atom is -0.497 e. The molecule has 1 heterocycles. The molecule has 0 aliphatic carbocycles. The van der Waals surface area contributed by atoms with Gasteiger partial charge in [-0.05, 0) is 56.2 Å². The van der Waals surface area contributed by atoms with E-state index in [0.717, 1.165) is 28.1 Å². The van der Waals surface area contributed by atoms with Crippen LogP contribution in [0.4, 0.5) is 5.82 Å². The first-order valence-corrected chi connectivity index (χ1v) is 9.55. The van der Waals surface area contributed by atoms with E-state index in [0.29, 0.717) is 24.4 Å². The highest BCUT2D eigenvalue weighted by Crippen LogP contribution is 2.23. The van der Waals surface area contributed by atoms with Gasteiger partial charge in [0.2, 0.25) is 5.91 Å². The molecule has 5 heteroatoms. The summed E-state index contributed by atoms with van der Waals surface area (Å²) in [5, 5.41) is 2.91. The van der Waals surface area contributed by atoms with Crippen molar-refractivity contribution in [3.8, 4) is 17.0 Å². The number of aromatic nitrogens is 2. The number of anilines is 1. The summed E-state index contributed by atoms with van der Waals surface area (Å²) in [6.45, 7) is 3.98. The molecule has 0 saturated carbocycles. The molecular formula is C24H25N3O2. The molecule has 0 atom stereocenters. The first kappa shape index (κ1) is 20.3. The number of ether oxygens (including phenoxy) is 1. The second kappa shape index (κ2) is 9.64. The highest BCUT2D eigenvalue weighted by atomic mass is 16.5. The van der Waals surface area contributed by atoms with Gasteiger partial charge in [-0.15, -0.1) is 0 Å². The minimum absolute atomic E-state index is 0.0799. The number of amides is 1. The van der Waals surface area contributed by atoms with Gasteiger partial charge in [-0.2, -0.15) is 0 Å². The molecule has 1 amide bonds. The molecule has 1 aromatic heterocycles. The lowest BCUT2D eigenvalue weighted by atomic mass is 10.1. The van der Waals surface area contributed by atoms with E-state index in [1.807, 2.05) is 74.5 Å². The van der Waals surface area contributed by atoms with E-state index in [4.69, 9.17) is 9.72 Å². The van der Waals surface area contributed by atoms with E-state index in [1.165, 1.54) is 0 Å². The molecule has 2 aromatic carbocycles. The van der Waals surface area contributed by atoms with Gasteiger partial charge >= 0.3 is 0 Å². The van der Waals surface area contributed by atoms with Crippen LogP contribution < -0.4 is 10.1 Å². The van der Waals surface area contributed by atoms with Crippen LogP contribution >= 0.6 is 0 Å². The summed E-state index contributed by atoms with van der Waals surface area (Å²) in [6.07, 6.45) is 4.67. The van der Waals surface area contributed by atoms with Crippen molar-refractivity contribution in [3.63, 3.8) is 0 Å². The van der Waals surface area contributed by atoms with Gasteiger partial charge in [0.05, 0.1) is 19.0 Å². The quantitative estimate of drug-likeness (QED) is 0.609. The molecule has 0 aliphatic heterocycles. The molecule has 5 nitrogen and oxygen atoms in total. The lowest BCUT2D eigenvalue weighted by molar-refractivity contribution is -0.116. The lowest BCUT2D eigenvalue weighted by Gasteiger charge is -2.10. The first-order chi connectivity index (χ1) is 14.0. The lowest BCUT2D eigenvalue weighted by Crippen LogP contribution is -2.15. The summed E-state index contributed by atoms with van der Waals surface area (Å²) in [5.74, 6) is 1.18. The summed E-state index contributed by atoms with van der Waals surface area (Å²) in [5.41, 5.74) is 4.52. The molecular weight excluding hydrogens is 362 g/mol. The molecule has 29 heavy (non-hydrogen) atoms. The summed E-state index contributed by atoms with van der Waals surface area (Å²) in [4.78, 5) is 21.6. The minimum atomic E-state index is -0.0799. The Balaban J connectivity index is 1.78. The fourth-order valence-electron chi connectivity index (χ4n) is 2.87. The third-order valence-corrected chi connectivity index (χ3v) is 4.35. The number of hydrogen-bond acceptors (Lipinski definition) is 4. The Morgan fingerprint density at radius 3 is 2.45 bits per heavy atom. The van der Waals surface area contributed by atoms with Crippen LogP contribution in [0.2, 0.25) is 0 Å². The number of rotatable bonds is 7. The van der Waals surface area contributed by atoms with E-state index in [1.54, 1.807) is 13.3 Å². The highest BCUT2D eigenvalue weighted by Gasteiger charge is 2.11. The van der Waals surface area contributed by atoms with Gasteiger partial charge in [0, 0.05) is 12.0 Å². The Kier molecular flexibility index (Phi) is 6.74. The molecule has 148 valence electrons. The maximum atomic E-state index is 12.4. The summed E-state index contributed by atoms with van der Waals surface area (Å²) >= 11 is 0. The summed E-state index contributed by atoms with van der Waals surface area (Å²) in [6, 6.07) is 17.6. The van der Waals surface area contributed by atoms with Crippen LogP contribution in [0.1, 0.15) is 31.5 Å². The fourth-order valence-corrected chi connectivity index (χ4v) is 2.87. The van der Waals surface area contributed by atoms with Crippen LogP contribution in [-0.2, 0) is 11.2 Å². The highest BCUT2D eigenvalue weighted by molar-refractivity contribution is 5.91. The van der Waals surface area contributed by atoms with Gasteiger partial charge < -0.3 is 10.1 Å². The molecule has 1 N–H and O–H groups in total. The van der Waals surface area contributed by atoms with Gasteiger partial charge in [0.25, 0.3) is 0 Å². The van der Waals surface area contributed by atoms with Gasteiger partial charge in [-0.25, -0.2) is 9.97 Å². The molecule has 0 unspecified atom stereocenters. The van der Waals surface area contributed by atoms with Crippen molar-refractivity contribution in [3.05, 3.63) is 77.6 Å². The van der Waals surface area contributed by atoms with Crippen molar-refractivity contribution >= 4 is 17.8 Å². The van der Waals surface area contributed by atoms with Crippen molar-refractivity contribution in [1.82, 2.24) is 9.97 Å². The number of nitrogens with one attached hydrogen (secondary N) is 1. The van der Waals surface area contributed by atoms with E-state index in [9.17, 15) is 4.79 Å². The molecule has 3 rings (SSSR count). The van der Waals surface area contributed by atoms with Crippen molar-refractivity contribution in [2.45, 2.75) is 26.7 Å². The molecule has 0 aliphatic rings. The number of benzene rings is 2. The SMILES string of the molecule is COc1ccc(-c2cnc(NC(=O)CCc3ccccc3)c(C=C(C)C)n2)cc1. The number of carbonyl (C=O) groups is 1. The zero-order valence-corrected chi connectivity index (χ0v) is 17.0. The fraction of sp³-hybridized carbons (Fsp3) is 0.208. The first-order valence-electron chi connectivity index (χ1n) is 9.55. The Labute approximate surface area is 171 Å². The van der Waals surface area contributed by atoms with E-state index < -0.39 is 0 Å². The maximum Gasteiger partial charge on any atom is 0.225 e. The molecule has 0 saturated heterocycles. The van der Waals surface area contributed by atoms with E-state index in [2.05, 4.69) is 10.3 Å². The molecule has 0 fully saturated rings. The van der Waals surface area contributed by atoms with E-state index >= 15 is 0 Å². The smallest absolute Gasteiger partial charge is 0.225 e. The number of allylic oxidation sites excluding steroid dienone is 1. The molecule has 0 radical (unpaired) electrons. The van der Waals surface area contributed by atoms with Crippen LogP contribution in [0.15, 0.2) is 66.4 Å². The zero-order chi connectivity index (χ0) is 20.6. The Bertz CT molecular complexity index is 992. The van der Waals surface area contributed by atoms with Crippen molar-refractivity contribution in [2.75, 3.05) is 12.4 Å². The van der Waals surface area contributed by atoms with Crippen LogP contribution in [0.3, 0.4) is 0 Å². The third-order valence-electron chi connectivity index (χ3n) is 4.35. The van der Waals surface area contributed by atoms with Crippen molar-refractivity contribution < 1.29 is 9.53 Å². The number of methoxy groups -OCH3 is 1. The van der Waals surface area contributed by atoms with Gasteiger partial charge in [0.15, 0.2) is 5.82 Å². The van der Waals surface area contributed by atoms with Crippen LogP contribution in [0.25, 0.3) is 17.3 Å². The number of hydrogen-bond donors (Lipinski definition) is 1. The topological polar surface area (TPSA) is 64.1 Å². The largest absolute Gasteiger partial charge is 0.497 e. The normalized spacial score (nSPS) is 10.3. The predicted octanol–water partition coefficient (Wildman–Crippen LogP) is 5.15. The average molecular weight is 387 g/mol. The van der Waals surface area contributed by atoms with Crippen LogP contribution in [0.5, 0.6) is 5.75 Å². The number of nitrogens with zero attached hydrogens (tertiary/aromatic N) is 2. The summed E-state index contributed by atoms with van der Waals surface area (Å²) in [7, 11) is 1.64. The molecule has 0 bridgehead atoms. The Morgan fingerprint density at radius 1 is 1.07 bits per heavy atom. The van der Waals surface area contributed by atoms with Crippen molar-refractivity contribution in [1.29, 1.82) is 0 Å². The molecule has 0 spiro atoms. The second-order valence-corrected chi connectivity index (χ2v) is 6.97. The third kappa shape index (κ3) is 5.75. The van der Waals surface area contributed by atoms with Crippen LogP contribution in [0, 0.1) is 0 Å². The summed E-state index contributed by atoms with van der Waals surface area (Å²) < 4.78 is 5.21. The van der Waals surface area contributed by atoms with Gasteiger partial charge in [0.1, 0.15) is 11.4 Å². The predicted molar refractivity (Wildman–Crippen MR) is 117 cm³/mol. The maximum absolute atomic E-state index is 12.4.